The quantitative estimate of drug-likeness (QED) is 0.706. The van der Waals surface area contributed by atoms with Gasteiger partial charge in [0.05, 0.1) is 20.3 Å². The number of methoxy groups -OCH3 is 1. The Labute approximate surface area is 125 Å². The Morgan fingerprint density at radius 2 is 1.95 bits per heavy atom. The van der Waals surface area contributed by atoms with E-state index in [4.69, 9.17) is 14.6 Å². The number of benzene rings is 1. The monoisotopic (exact) mass is 293 g/mol. The molecule has 0 heterocycles. The number of aliphatic hydroxyl groups is 1. The Kier molecular flexibility index (Phi) is 5.87. The number of aliphatic hydroxyl groups excluding tert-OH is 1. The lowest BCUT2D eigenvalue weighted by molar-refractivity contribution is -0.132. The summed E-state index contributed by atoms with van der Waals surface area (Å²) in [4.78, 5) is 13.9. The van der Waals surface area contributed by atoms with E-state index in [0.717, 1.165) is 24.3 Å². The number of nitrogens with zero attached hydrogens (tertiary/aromatic N) is 1. The van der Waals surface area contributed by atoms with Gasteiger partial charge in [0.25, 0.3) is 0 Å². The van der Waals surface area contributed by atoms with Crippen molar-refractivity contribution in [1.29, 1.82) is 0 Å². The number of hydrogen-bond acceptors (Lipinski definition) is 4. The standard InChI is InChI=1S/C16H23NO4/c1-20-14-6-8-15(9-7-14)21-12-2-3-16(19)17(10-11-18)13-4-5-13/h6-9,13,18H,2-5,10-12H2,1H3. The van der Waals surface area contributed by atoms with Gasteiger partial charge < -0.3 is 19.5 Å². The number of carbonyl (C=O) groups is 1. The third-order valence-electron chi connectivity index (χ3n) is 3.51. The minimum atomic E-state index is 0.0323. The van der Waals surface area contributed by atoms with Crippen LogP contribution in [0.15, 0.2) is 24.3 Å². The van der Waals surface area contributed by atoms with Gasteiger partial charge in [0.1, 0.15) is 11.5 Å². The molecule has 0 atom stereocenters. The Bertz CT molecular complexity index is 442. The number of rotatable bonds is 9. The van der Waals surface area contributed by atoms with Crippen LogP contribution >= 0.6 is 0 Å². The molecule has 1 amide bonds. The predicted octanol–water partition coefficient (Wildman–Crippen LogP) is 1.84. The molecule has 0 saturated heterocycles. The van der Waals surface area contributed by atoms with Crippen molar-refractivity contribution in [3.8, 4) is 11.5 Å². The molecule has 1 N–H and O–H groups in total. The van der Waals surface area contributed by atoms with E-state index < -0.39 is 0 Å². The summed E-state index contributed by atoms with van der Waals surface area (Å²) < 4.78 is 10.7. The first-order valence-electron chi connectivity index (χ1n) is 7.41. The van der Waals surface area contributed by atoms with E-state index >= 15 is 0 Å². The molecule has 0 unspecified atom stereocenters. The van der Waals surface area contributed by atoms with Crippen molar-refractivity contribution in [2.75, 3.05) is 26.9 Å². The van der Waals surface area contributed by atoms with E-state index in [1.165, 1.54) is 0 Å². The number of hydrogen-bond donors (Lipinski definition) is 1. The fourth-order valence-corrected chi connectivity index (χ4v) is 2.23. The van der Waals surface area contributed by atoms with Crippen LogP contribution in [0.25, 0.3) is 0 Å². The van der Waals surface area contributed by atoms with Gasteiger partial charge in [-0.15, -0.1) is 0 Å². The molecule has 0 radical (unpaired) electrons. The minimum Gasteiger partial charge on any atom is -0.497 e. The first-order chi connectivity index (χ1) is 10.2. The molecule has 1 fully saturated rings. The highest BCUT2D eigenvalue weighted by atomic mass is 16.5. The molecule has 116 valence electrons. The van der Waals surface area contributed by atoms with Crippen LogP contribution in [0.5, 0.6) is 11.5 Å². The molecule has 1 aliphatic carbocycles. The summed E-state index contributed by atoms with van der Waals surface area (Å²) >= 11 is 0. The maximum absolute atomic E-state index is 12.1. The highest BCUT2D eigenvalue weighted by Crippen LogP contribution is 2.27. The second kappa shape index (κ2) is 7.88. The zero-order valence-electron chi connectivity index (χ0n) is 12.5. The van der Waals surface area contributed by atoms with Crippen LogP contribution in [0.3, 0.4) is 0 Å². The molecule has 0 aliphatic heterocycles. The Morgan fingerprint density at radius 1 is 1.29 bits per heavy atom. The zero-order valence-corrected chi connectivity index (χ0v) is 12.5. The third-order valence-corrected chi connectivity index (χ3v) is 3.51. The van der Waals surface area contributed by atoms with Crippen molar-refractivity contribution >= 4 is 5.91 Å². The summed E-state index contributed by atoms with van der Waals surface area (Å²) in [6, 6.07) is 7.74. The average Bonchev–Trinajstić information content (AvgIpc) is 3.34. The topological polar surface area (TPSA) is 59.0 Å². The largest absolute Gasteiger partial charge is 0.497 e. The molecule has 2 rings (SSSR count). The van der Waals surface area contributed by atoms with E-state index in [2.05, 4.69) is 0 Å². The van der Waals surface area contributed by atoms with E-state index in [1.54, 1.807) is 12.0 Å². The first-order valence-corrected chi connectivity index (χ1v) is 7.41. The third kappa shape index (κ3) is 4.93. The number of amides is 1. The fraction of sp³-hybridized carbons (Fsp3) is 0.562. The SMILES string of the molecule is COc1ccc(OCCCC(=O)N(CCO)C2CC2)cc1. The highest BCUT2D eigenvalue weighted by Gasteiger charge is 2.31. The second-order valence-corrected chi connectivity index (χ2v) is 5.17. The van der Waals surface area contributed by atoms with Crippen LogP contribution in [0.2, 0.25) is 0 Å². The van der Waals surface area contributed by atoms with E-state index in [1.807, 2.05) is 24.3 Å². The summed E-state index contributed by atoms with van der Waals surface area (Å²) in [6.07, 6.45) is 3.27. The number of ether oxygens (including phenoxy) is 2. The first kappa shape index (κ1) is 15.6. The van der Waals surface area contributed by atoms with Crippen molar-refractivity contribution in [1.82, 2.24) is 4.90 Å². The van der Waals surface area contributed by atoms with Gasteiger partial charge in [0.15, 0.2) is 0 Å². The van der Waals surface area contributed by atoms with E-state index in [-0.39, 0.29) is 12.5 Å². The predicted molar refractivity (Wildman–Crippen MR) is 79.5 cm³/mol. The molecular weight excluding hydrogens is 270 g/mol. The molecule has 5 nitrogen and oxygen atoms in total. The molecule has 0 bridgehead atoms. The van der Waals surface area contributed by atoms with Crippen LogP contribution in [-0.4, -0.2) is 48.8 Å². The summed E-state index contributed by atoms with van der Waals surface area (Å²) in [5.41, 5.74) is 0. The van der Waals surface area contributed by atoms with Gasteiger partial charge in [-0.2, -0.15) is 0 Å². The van der Waals surface area contributed by atoms with E-state index in [0.29, 0.717) is 32.0 Å². The molecule has 1 aliphatic rings. The average molecular weight is 293 g/mol. The Balaban J connectivity index is 1.67. The second-order valence-electron chi connectivity index (χ2n) is 5.17. The maximum Gasteiger partial charge on any atom is 0.223 e. The molecule has 1 aromatic rings. The van der Waals surface area contributed by atoms with Gasteiger partial charge in [-0.05, 0) is 43.5 Å². The molecule has 0 spiro atoms. The summed E-state index contributed by atoms with van der Waals surface area (Å²) in [7, 11) is 1.62. The van der Waals surface area contributed by atoms with Crippen molar-refractivity contribution in [3.05, 3.63) is 24.3 Å². The zero-order chi connectivity index (χ0) is 15.1. The smallest absolute Gasteiger partial charge is 0.223 e. The lowest BCUT2D eigenvalue weighted by Crippen LogP contribution is -2.35. The number of carbonyl (C=O) groups excluding carboxylic acids is 1. The molecule has 5 heteroatoms. The summed E-state index contributed by atoms with van der Waals surface area (Å²) in [5.74, 6) is 1.68. The van der Waals surface area contributed by atoms with Gasteiger partial charge in [0, 0.05) is 19.0 Å². The van der Waals surface area contributed by atoms with Crippen molar-refractivity contribution < 1.29 is 19.4 Å². The van der Waals surface area contributed by atoms with Gasteiger partial charge in [0.2, 0.25) is 5.91 Å². The van der Waals surface area contributed by atoms with Crippen LogP contribution < -0.4 is 9.47 Å². The molecule has 1 aromatic carbocycles. The summed E-state index contributed by atoms with van der Waals surface area (Å²) in [5, 5.41) is 9.00. The van der Waals surface area contributed by atoms with Gasteiger partial charge in [-0.25, -0.2) is 0 Å². The van der Waals surface area contributed by atoms with E-state index in [9.17, 15) is 4.79 Å². The Hall–Kier alpha value is -1.75. The Morgan fingerprint density at radius 3 is 2.52 bits per heavy atom. The van der Waals surface area contributed by atoms with Crippen LogP contribution in [0, 0.1) is 0 Å². The van der Waals surface area contributed by atoms with Crippen LogP contribution in [-0.2, 0) is 4.79 Å². The van der Waals surface area contributed by atoms with Gasteiger partial charge >= 0.3 is 0 Å². The molecule has 0 aromatic heterocycles. The lowest BCUT2D eigenvalue weighted by Gasteiger charge is -2.21. The fourth-order valence-electron chi connectivity index (χ4n) is 2.23. The van der Waals surface area contributed by atoms with Crippen LogP contribution in [0.1, 0.15) is 25.7 Å². The lowest BCUT2D eigenvalue weighted by atomic mass is 10.2. The summed E-state index contributed by atoms with van der Waals surface area (Å²) in [6.45, 7) is 0.989. The van der Waals surface area contributed by atoms with Crippen LogP contribution in [0.4, 0.5) is 0 Å². The van der Waals surface area contributed by atoms with Gasteiger partial charge in [-0.1, -0.05) is 0 Å². The normalized spacial score (nSPS) is 13.8. The highest BCUT2D eigenvalue weighted by molar-refractivity contribution is 5.76. The molecule has 21 heavy (non-hydrogen) atoms. The van der Waals surface area contributed by atoms with Crippen molar-refractivity contribution in [2.45, 2.75) is 31.7 Å². The maximum atomic E-state index is 12.1. The van der Waals surface area contributed by atoms with Crippen molar-refractivity contribution in [3.63, 3.8) is 0 Å². The molecule has 1 saturated carbocycles. The van der Waals surface area contributed by atoms with Gasteiger partial charge in [-0.3, -0.25) is 4.79 Å². The van der Waals surface area contributed by atoms with Crippen molar-refractivity contribution in [2.24, 2.45) is 0 Å². The molecular formula is C16H23NO4. The minimum absolute atomic E-state index is 0.0323.